The Balaban J connectivity index is 1.45. The second kappa shape index (κ2) is 9.32. The molecule has 2 atom stereocenters. The molecule has 0 radical (unpaired) electrons. The molecule has 3 rings (SSSR count). The minimum atomic E-state index is -3.21. The van der Waals surface area contributed by atoms with Crippen LogP contribution in [0.3, 0.4) is 0 Å². The van der Waals surface area contributed by atoms with Gasteiger partial charge in [-0.2, -0.15) is 8.78 Å². The van der Waals surface area contributed by atoms with Gasteiger partial charge in [0.1, 0.15) is 5.83 Å². The van der Waals surface area contributed by atoms with Crippen LogP contribution in [0, 0.1) is 23.7 Å². The van der Waals surface area contributed by atoms with Crippen molar-refractivity contribution in [3.63, 3.8) is 0 Å². The minimum Gasteiger partial charge on any atom is -0.306 e. The van der Waals surface area contributed by atoms with Crippen molar-refractivity contribution in [2.75, 3.05) is 0 Å². The van der Waals surface area contributed by atoms with Gasteiger partial charge in [-0.3, -0.25) is 0 Å². The molecule has 0 aromatic carbocycles. The molecule has 0 aromatic heterocycles. The SMILES string of the molecule is CC1CCC(C2CCC(CCC3=CC(F)C(C)(OC(F)F)C(F)=C3)CC2)CC1. The molecule has 0 spiro atoms. The molecule has 3 aliphatic rings. The van der Waals surface area contributed by atoms with Crippen molar-refractivity contribution in [3.05, 3.63) is 23.6 Å². The molecule has 3 aliphatic carbocycles. The van der Waals surface area contributed by atoms with Gasteiger partial charge in [0.05, 0.1) is 0 Å². The Bertz CT molecular complexity index is 571. The normalized spacial score (nSPS) is 39.6. The third-order valence-electron chi connectivity index (χ3n) is 7.47. The molecule has 0 bridgehead atoms. The smallest absolute Gasteiger partial charge is 0.306 e. The molecule has 0 saturated heterocycles. The van der Waals surface area contributed by atoms with Crippen LogP contribution in [0.1, 0.15) is 78.1 Å². The Hall–Kier alpha value is -0.840. The molecule has 2 unspecified atom stereocenters. The maximum atomic E-state index is 14.3. The van der Waals surface area contributed by atoms with Gasteiger partial charge in [-0.1, -0.05) is 32.6 Å². The van der Waals surface area contributed by atoms with Crippen LogP contribution in [0.25, 0.3) is 0 Å². The lowest BCUT2D eigenvalue weighted by atomic mass is 9.69. The number of hydrogen-bond donors (Lipinski definition) is 0. The van der Waals surface area contributed by atoms with E-state index in [2.05, 4.69) is 11.7 Å². The molecule has 2 saturated carbocycles. The Morgan fingerprint density at radius 3 is 2.14 bits per heavy atom. The fourth-order valence-corrected chi connectivity index (χ4v) is 5.37. The molecule has 0 N–H and O–H groups in total. The summed E-state index contributed by atoms with van der Waals surface area (Å²) in [4.78, 5) is 0. The third kappa shape index (κ3) is 5.20. The first-order valence-electron chi connectivity index (χ1n) is 11.0. The minimum absolute atomic E-state index is 0.559. The molecule has 5 heteroatoms. The molecular formula is C23H34F4O. The fraction of sp³-hybridized carbons (Fsp3) is 0.826. The number of allylic oxidation sites excluding steroid dienone is 2. The van der Waals surface area contributed by atoms with E-state index >= 15 is 0 Å². The Kier molecular flexibility index (Phi) is 7.27. The highest BCUT2D eigenvalue weighted by Gasteiger charge is 2.44. The second-order valence-corrected chi connectivity index (χ2v) is 9.46. The topological polar surface area (TPSA) is 9.23 Å². The van der Waals surface area contributed by atoms with Crippen LogP contribution in [0.2, 0.25) is 0 Å². The quantitative estimate of drug-likeness (QED) is 0.417. The van der Waals surface area contributed by atoms with Crippen LogP contribution in [0.4, 0.5) is 17.6 Å². The van der Waals surface area contributed by atoms with Crippen molar-refractivity contribution in [1.82, 2.24) is 0 Å². The van der Waals surface area contributed by atoms with Crippen molar-refractivity contribution >= 4 is 0 Å². The zero-order valence-electron chi connectivity index (χ0n) is 17.1. The van der Waals surface area contributed by atoms with E-state index < -0.39 is 24.2 Å². The third-order valence-corrected chi connectivity index (χ3v) is 7.47. The van der Waals surface area contributed by atoms with E-state index in [-0.39, 0.29) is 0 Å². The van der Waals surface area contributed by atoms with Crippen molar-refractivity contribution in [3.8, 4) is 0 Å². The maximum Gasteiger partial charge on any atom is 0.346 e. The largest absolute Gasteiger partial charge is 0.346 e. The predicted octanol–water partition coefficient (Wildman–Crippen LogP) is 7.53. The van der Waals surface area contributed by atoms with E-state index in [1.165, 1.54) is 63.5 Å². The second-order valence-electron chi connectivity index (χ2n) is 9.46. The Labute approximate surface area is 166 Å². The monoisotopic (exact) mass is 402 g/mol. The van der Waals surface area contributed by atoms with E-state index in [4.69, 9.17) is 0 Å². The van der Waals surface area contributed by atoms with E-state index in [0.29, 0.717) is 17.9 Å². The van der Waals surface area contributed by atoms with Gasteiger partial charge in [-0.15, -0.1) is 0 Å². The van der Waals surface area contributed by atoms with Gasteiger partial charge in [-0.05, 0) is 86.8 Å². The van der Waals surface area contributed by atoms with Crippen molar-refractivity contribution in [2.45, 2.75) is 96.4 Å². The maximum absolute atomic E-state index is 14.3. The molecule has 2 fully saturated rings. The summed E-state index contributed by atoms with van der Waals surface area (Å²) in [6.45, 7) is 0.185. The van der Waals surface area contributed by atoms with Gasteiger partial charge in [0.2, 0.25) is 0 Å². The Morgan fingerprint density at radius 1 is 1.04 bits per heavy atom. The lowest BCUT2D eigenvalue weighted by Crippen LogP contribution is -2.42. The van der Waals surface area contributed by atoms with E-state index in [1.54, 1.807) is 0 Å². The van der Waals surface area contributed by atoms with Gasteiger partial charge < -0.3 is 4.74 Å². The van der Waals surface area contributed by atoms with Gasteiger partial charge in [0.25, 0.3) is 0 Å². The van der Waals surface area contributed by atoms with Gasteiger partial charge >= 0.3 is 6.61 Å². The molecule has 28 heavy (non-hydrogen) atoms. The molecule has 0 heterocycles. The lowest BCUT2D eigenvalue weighted by Gasteiger charge is -2.37. The summed E-state index contributed by atoms with van der Waals surface area (Å²) in [7, 11) is 0. The molecular weight excluding hydrogens is 368 g/mol. The summed E-state index contributed by atoms with van der Waals surface area (Å²) >= 11 is 0. The van der Waals surface area contributed by atoms with Crippen LogP contribution in [-0.4, -0.2) is 18.4 Å². The fourth-order valence-electron chi connectivity index (χ4n) is 5.37. The average molecular weight is 403 g/mol. The first kappa shape index (κ1) is 21.9. The summed E-state index contributed by atoms with van der Waals surface area (Å²) in [5.74, 6) is 2.29. The molecule has 0 aromatic rings. The summed E-state index contributed by atoms with van der Waals surface area (Å²) in [5.41, 5.74) is -1.66. The summed E-state index contributed by atoms with van der Waals surface area (Å²) in [6.07, 6.45) is 12.5. The van der Waals surface area contributed by atoms with Gasteiger partial charge in [0.15, 0.2) is 11.8 Å². The van der Waals surface area contributed by atoms with Crippen LogP contribution in [0.5, 0.6) is 0 Å². The standard InChI is InChI=1S/C23H34F4O/c1-15-3-9-18(10-4-15)19-11-7-16(8-12-19)5-6-17-13-20(24)23(2,21(25)14-17)28-22(26)27/h13-16,18-20,22H,3-12H2,1-2H3. The number of ether oxygens (including phenoxy) is 1. The summed E-state index contributed by atoms with van der Waals surface area (Å²) < 4.78 is 57.8. The predicted molar refractivity (Wildman–Crippen MR) is 103 cm³/mol. The van der Waals surface area contributed by atoms with Crippen LogP contribution >= 0.6 is 0 Å². The lowest BCUT2D eigenvalue weighted by molar-refractivity contribution is -0.209. The van der Waals surface area contributed by atoms with Crippen molar-refractivity contribution in [2.24, 2.45) is 23.7 Å². The van der Waals surface area contributed by atoms with E-state index in [1.807, 2.05) is 0 Å². The average Bonchev–Trinajstić information content (AvgIpc) is 2.65. The molecule has 0 aliphatic heterocycles. The van der Waals surface area contributed by atoms with E-state index in [0.717, 1.165) is 31.1 Å². The zero-order valence-corrected chi connectivity index (χ0v) is 17.1. The van der Waals surface area contributed by atoms with Crippen LogP contribution in [0.15, 0.2) is 23.6 Å². The number of rotatable bonds is 6. The number of halogens is 4. The summed E-state index contributed by atoms with van der Waals surface area (Å²) in [6, 6.07) is 0. The highest BCUT2D eigenvalue weighted by atomic mass is 19.3. The van der Waals surface area contributed by atoms with Crippen molar-refractivity contribution < 1.29 is 22.3 Å². The first-order valence-corrected chi connectivity index (χ1v) is 11.0. The highest BCUT2D eigenvalue weighted by molar-refractivity contribution is 5.34. The first-order chi connectivity index (χ1) is 13.3. The number of hydrogen-bond acceptors (Lipinski definition) is 1. The van der Waals surface area contributed by atoms with E-state index in [9.17, 15) is 17.6 Å². The summed E-state index contributed by atoms with van der Waals surface area (Å²) in [5, 5.41) is 0. The van der Waals surface area contributed by atoms with Crippen molar-refractivity contribution in [1.29, 1.82) is 0 Å². The van der Waals surface area contributed by atoms with Gasteiger partial charge in [-0.25, -0.2) is 8.78 Å². The van der Waals surface area contributed by atoms with Crippen LogP contribution < -0.4 is 0 Å². The molecule has 1 nitrogen and oxygen atoms in total. The Morgan fingerprint density at radius 2 is 1.61 bits per heavy atom. The zero-order chi connectivity index (χ0) is 20.3. The molecule has 0 amide bonds. The van der Waals surface area contributed by atoms with Crippen LogP contribution in [-0.2, 0) is 4.74 Å². The highest BCUT2D eigenvalue weighted by Crippen LogP contribution is 2.43. The van der Waals surface area contributed by atoms with Gasteiger partial charge in [0, 0.05) is 0 Å². The number of alkyl halides is 3. The molecule has 160 valence electrons.